The fraction of sp³-hybridized carbons (Fsp3) is 0.0769. The van der Waals surface area contributed by atoms with Gasteiger partial charge in [0.25, 0.3) is 0 Å². The number of hydrogen-bond donors (Lipinski definition) is 2. The van der Waals surface area contributed by atoms with Gasteiger partial charge in [0.2, 0.25) is 0 Å². The quantitative estimate of drug-likeness (QED) is 0.569. The molecule has 3 heteroatoms. The zero-order chi connectivity index (χ0) is 11.7. The molecule has 0 aliphatic rings. The van der Waals surface area contributed by atoms with Crippen LogP contribution in [0.3, 0.4) is 0 Å². The first-order valence-corrected chi connectivity index (χ1v) is 4.93. The van der Waals surface area contributed by atoms with E-state index in [-0.39, 0.29) is 17.3 Å². The molecule has 0 unspecified atom stereocenters. The molecule has 0 aromatic heterocycles. The van der Waals surface area contributed by atoms with Gasteiger partial charge < -0.3 is 10.8 Å². The first-order valence-electron chi connectivity index (χ1n) is 4.93. The highest BCUT2D eigenvalue weighted by atomic mass is 19.1. The van der Waals surface area contributed by atoms with Gasteiger partial charge in [-0.1, -0.05) is 17.7 Å². The Morgan fingerprint density at radius 1 is 1.12 bits per heavy atom. The van der Waals surface area contributed by atoms with Crippen LogP contribution < -0.4 is 5.73 Å². The third kappa shape index (κ3) is 1.84. The minimum Gasteiger partial charge on any atom is -0.506 e. The van der Waals surface area contributed by atoms with E-state index < -0.39 is 0 Å². The third-order valence-electron chi connectivity index (χ3n) is 2.46. The molecule has 0 saturated carbocycles. The number of nitrogens with two attached hydrogens (primary N) is 1. The Bertz CT molecular complexity index is 537. The van der Waals surface area contributed by atoms with Crippen molar-refractivity contribution < 1.29 is 9.50 Å². The van der Waals surface area contributed by atoms with E-state index in [1.807, 2.05) is 6.92 Å². The molecule has 2 aromatic carbocycles. The van der Waals surface area contributed by atoms with E-state index >= 15 is 0 Å². The molecule has 3 N–H and O–H groups in total. The summed E-state index contributed by atoms with van der Waals surface area (Å²) in [6.07, 6.45) is 0. The molecular formula is C13H12FNO. The van der Waals surface area contributed by atoms with Crippen molar-refractivity contribution in [3.05, 3.63) is 47.8 Å². The van der Waals surface area contributed by atoms with Crippen LogP contribution in [0.2, 0.25) is 0 Å². The summed E-state index contributed by atoms with van der Waals surface area (Å²) in [5, 5.41) is 9.47. The number of aryl methyl sites for hydroxylation is 1. The van der Waals surface area contributed by atoms with Crippen molar-refractivity contribution in [1.29, 1.82) is 0 Å². The first-order chi connectivity index (χ1) is 7.58. The van der Waals surface area contributed by atoms with Crippen LogP contribution in [-0.2, 0) is 0 Å². The van der Waals surface area contributed by atoms with Gasteiger partial charge in [0, 0.05) is 5.56 Å². The van der Waals surface area contributed by atoms with Crippen molar-refractivity contribution in [1.82, 2.24) is 0 Å². The first kappa shape index (κ1) is 10.5. The molecule has 0 saturated heterocycles. The van der Waals surface area contributed by atoms with Crippen LogP contribution in [0.25, 0.3) is 11.1 Å². The number of anilines is 1. The van der Waals surface area contributed by atoms with Crippen LogP contribution >= 0.6 is 0 Å². The Labute approximate surface area is 93.2 Å². The second-order valence-electron chi connectivity index (χ2n) is 3.76. The van der Waals surface area contributed by atoms with Crippen LogP contribution in [-0.4, -0.2) is 5.11 Å². The van der Waals surface area contributed by atoms with Crippen molar-refractivity contribution in [3.8, 4) is 16.9 Å². The highest BCUT2D eigenvalue weighted by Crippen LogP contribution is 2.29. The fourth-order valence-corrected chi connectivity index (χ4v) is 1.57. The van der Waals surface area contributed by atoms with Gasteiger partial charge in [-0.05, 0) is 36.8 Å². The maximum Gasteiger partial charge on any atom is 0.139 e. The van der Waals surface area contributed by atoms with Crippen molar-refractivity contribution >= 4 is 5.69 Å². The Kier molecular flexibility index (Phi) is 2.52. The molecule has 0 radical (unpaired) electrons. The number of phenolic OH excluding ortho intramolecular Hbond substituents is 1. The summed E-state index contributed by atoms with van der Waals surface area (Å²) in [5.74, 6) is -0.340. The zero-order valence-corrected chi connectivity index (χ0v) is 8.87. The molecule has 0 fully saturated rings. The maximum absolute atomic E-state index is 13.6. The van der Waals surface area contributed by atoms with Crippen molar-refractivity contribution in [3.63, 3.8) is 0 Å². The minimum atomic E-state index is -0.310. The topological polar surface area (TPSA) is 46.2 Å². The molecule has 0 aliphatic heterocycles. The van der Waals surface area contributed by atoms with Crippen molar-refractivity contribution in [2.24, 2.45) is 0 Å². The van der Waals surface area contributed by atoms with Gasteiger partial charge in [0.05, 0.1) is 5.69 Å². The highest BCUT2D eigenvalue weighted by Gasteiger charge is 2.07. The average molecular weight is 217 g/mol. The van der Waals surface area contributed by atoms with Gasteiger partial charge in [-0.3, -0.25) is 0 Å². The van der Waals surface area contributed by atoms with Crippen LogP contribution in [0.1, 0.15) is 5.56 Å². The second kappa shape index (κ2) is 3.85. The Morgan fingerprint density at radius 2 is 1.88 bits per heavy atom. The summed E-state index contributed by atoms with van der Waals surface area (Å²) >= 11 is 0. The molecule has 2 rings (SSSR count). The molecule has 0 aliphatic carbocycles. The van der Waals surface area contributed by atoms with Gasteiger partial charge >= 0.3 is 0 Å². The van der Waals surface area contributed by atoms with E-state index in [0.717, 1.165) is 5.56 Å². The summed E-state index contributed by atoms with van der Waals surface area (Å²) in [5.41, 5.74) is 7.83. The number of rotatable bonds is 1. The predicted molar refractivity (Wildman–Crippen MR) is 62.7 cm³/mol. The standard InChI is InChI=1S/C13H12FNO/c1-8-2-4-11(14)10(6-8)9-3-5-12(15)13(16)7-9/h2-7,16H,15H2,1H3. The van der Waals surface area contributed by atoms with Crippen molar-refractivity contribution in [2.45, 2.75) is 6.92 Å². The largest absolute Gasteiger partial charge is 0.506 e. The summed E-state index contributed by atoms with van der Waals surface area (Å²) in [6, 6.07) is 9.57. The lowest BCUT2D eigenvalue weighted by atomic mass is 10.0. The Hall–Kier alpha value is -2.03. The molecule has 2 aromatic rings. The zero-order valence-electron chi connectivity index (χ0n) is 8.87. The molecule has 0 heterocycles. The lowest BCUT2D eigenvalue weighted by Gasteiger charge is -2.06. The number of phenols is 1. The Balaban J connectivity index is 2.58. The summed E-state index contributed by atoms with van der Waals surface area (Å²) < 4.78 is 13.6. The van der Waals surface area contributed by atoms with E-state index in [9.17, 15) is 9.50 Å². The lowest BCUT2D eigenvalue weighted by molar-refractivity contribution is 0.478. The Morgan fingerprint density at radius 3 is 2.56 bits per heavy atom. The molecule has 0 spiro atoms. The highest BCUT2D eigenvalue weighted by molar-refractivity contribution is 5.70. The van der Waals surface area contributed by atoms with E-state index in [1.165, 1.54) is 12.1 Å². The van der Waals surface area contributed by atoms with Gasteiger partial charge in [0.1, 0.15) is 11.6 Å². The van der Waals surface area contributed by atoms with E-state index in [1.54, 1.807) is 24.3 Å². The molecule has 16 heavy (non-hydrogen) atoms. The van der Waals surface area contributed by atoms with E-state index in [0.29, 0.717) is 11.1 Å². The average Bonchev–Trinajstić information content (AvgIpc) is 2.26. The maximum atomic E-state index is 13.6. The van der Waals surface area contributed by atoms with E-state index in [2.05, 4.69) is 0 Å². The van der Waals surface area contributed by atoms with Crippen LogP contribution in [0.5, 0.6) is 5.75 Å². The minimum absolute atomic E-state index is 0.0293. The van der Waals surface area contributed by atoms with Gasteiger partial charge in [-0.15, -0.1) is 0 Å². The van der Waals surface area contributed by atoms with Crippen LogP contribution in [0.4, 0.5) is 10.1 Å². The number of nitrogen functional groups attached to an aromatic ring is 1. The number of halogens is 1. The van der Waals surface area contributed by atoms with Crippen LogP contribution in [0, 0.1) is 12.7 Å². The smallest absolute Gasteiger partial charge is 0.139 e. The predicted octanol–water partition coefficient (Wildman–Crippen LogP) is 3.09. The molecule has 0 amide bonds. The van der Waals surface area contributed by atoms with Gasteiger partial charge in [0.15, 0.2) is 0 Å². The number of benzene rings is 2. The fourth-order valence-electron chi connectivity index (χ4n) is 1.57. The van der Waals surface area contributed by atoms with Crippen LogP contribution in [0.15, 0.2) is 36.4 Å². The number of hydrogen-bond acceptors (Lipinski definition) is 2. The van der Waals surface area contributed by atoms with Gasteiger partial charge in [-0.25, -0.2) is 4.39 Å². The normalized spacial score (nSPS) is 10.4. The second-order valence-corrected chi connectivity index (χ2v) is 3.76. The molecule has 82 valence electrons. The summed E-state index contributed by atoms with van der Waals surface area (Å²) in [6.45, 7) is 1.89. The third-order valence-corrected chi connectivity index (χ3v) is 2.46. The van der Waals surface area contributed by atoms with Gasteiger partial charge in [-0.2, -0.15) is 0 Å². The monoisotopic (exact) mass is 217 g/mol. The lowest BCUT2D eigenvalue weighted by Crippen LogP contribution is -1.89. The molecule has 0 atom stereocenters. The van der Waals surface area contributed by atoms with E-state index in [4.69, 9.17) is 5.73 Å². The molecule has 2 nitrogen and oxygen atoms in total. The van der Waals surface area contributed by atoms with Crippen molar-refractivity contribution in [2.75, 3.05) is 5.73 Å². The molecule has 0 bridgehead atoms. The SMILES string of the molecule is Cc1ccc(F)c(-c2ccc(N)c(O)c2)c1. The summed E-state index contributed by atoms with van der Waals surface area (Å²) in [4.78, 5) is 0. The number of aromatic hydroxyl groups is 1. The summed E-state index contributed by atoms with van der Waals surface area (Å²) in [7, 11) is 0. The molecular weight excluding hydrogens is 205 g/mol.